The highest BCUT2D eigenvalue weighted by Crippen LogP contribution is 2.44. The summed E-state index contributed by atoms with van der Waals surface area (Å²) in [5.41, 5.74) is 10.00. The summed E-state index contributed by atoms with van der Waals surface area (Å²) >= 11 is 0. The van der Waals surface area contributed by atoms with Gasteiger partial charge in [-0.1, -0.05) is 6.07 Å². The molecule has 1 saturated heterocycles. The summed E-state index contributed by atoms with van der Waals surface area (Å²) in [5.74, 6) is -0.281. The normalized spacial score (nSPS) is 23.6. The molecule has 4 heterocycles. The van der Waals surface area contributed by atoms with E-state index < -0.39 is 5.41 Å². The van der Waals surface area contributed by atoms with Gasteiger partial charge in [-0.05, 0) is 37.2 Å². The molecule has 5 rings (SSSR count). The van der Waals surface area contributed by atoms with Crippen molar-refractivity contribution in [1.82, 2.24) is 15.1 Å². The van der Waals surface area contributed by atoms with Gasteiger partial charge in [0.25, 0.3) is 0 Å². The topological polar surface area (TPSA) is 99.8 Å². The molecule has 1 aromatic heterocycles. The van der Waals surface area contributed by atoms with Crippen LogP contribution in [0.25, 0.3) is 11.3 Å². The van der Waals surface area contributed by atoms with Crippen LogP contribution < -0.4 is 10.6 Å². The number of nitrogens with two attached hydrogens (primary N) is 1. The van der Waals surface area contributed by atoms with E-state index in [0.717, 1.165) is 61.2 Å². The SMILES string of the molecule is NC(=O)C1(CCN2CCOCC2)C=C2C=Nc3cc(-c4ccn[nH]4)ccc3N2C1. The van der Waals surface area contributed by atoms with E-state index in [1.165, 1.54) is 0 Å². The van der Waals surface area contributed by atoms with Crippen molar-refractivity contribution in [3.8, 4) is 11.3 Å². The maximum absolute atomic E-state index is 12.5. The number of aromatic amines is 1. The molecule has 0 spiro atoms. The predicted molar refractivity (Wildman–Crippen MR) is 111 cm³/mol. The van der Waals surface area contributed by atoms with Gasteiger partial charge in [0.15, 0.2) is 0 Å². The van der Waals surface area contributed by atoms with Crippen molar-refractivity contribution in [2.75, 3.05) is 44.3 Å². The summed E-state index contributed by atoms with van der Waals surface area (Å²) in [6.45, 7) is 4.66. The van der Waals surface area contributed by atoms with E-state index in [2.05, 4.69) is 31.1 Å². The Morgan fingerprint density at radius 3 is 2.90 bits per heavy atom. The number of hydrogen-bond donors (Lipinski definition) is 2. The van der Waals surface area contributed by atoms with Crippen LogP contribution in [0.15, 0.2) is 47.2 Å². The number of amides is 1. The van der Waals surface area contributed by atoms with Crippen LogP contribution in [0.2, 0.25) is 0 Å². The Hall–Kier alpha value is -2.97. The quantitative estimate of drug-likeness (QED) is 0.807. The number of ether oxygens (including phenoxy) is 1. The molecule has 3 aliphatic heterocycles. The van der Waals surface area contributed by atoms with E-state index in [9.17, 15) is 4.79 Å². The van der Waals surface area contributed by atoms with E-state index in [4.69, 9.17) is 10.5 Å². The molecule has 0 aliphatic carbocycles. The van der Waals surface area contributed by atoms with Crippen LogP contribution in [0.1, 0.15) is 6.42 Å². The molecule has 3 N–H and O–H groups in total. The molecule has 8 heteroatoms. The number of benzene rings is 1. The highest BCUT2D eigenvalue weighted by molar-refractivity contribution is 5.98. The second-order valence-electron chi connectivity index (χ2n) is 7.81. The number of rotatable bonds is 5. The van der Waals surface area contributed by atoms with Crippen LogP contribution in [-0.4, -0.2) is 66.6 Å². The Morgan fingerprint density at radius 1 is 1.28 bits per heavy atom. The minimum Gasteiger partial charge on any atom is -0.379 e. The van der Waals surface area contributed by atoms with Gasteiger partial charge in [-0.25, -0.2) is 0 Å². The number of nitrogens with one attached hydrogen (secondary N) is 1. The largest absolute Gasteiger partial charge is 0.379 e. The monoisotopic (exact) mass is 392 g/mol. The second-order valence-corrected chi connectivity index (χ2v) is 7.81. The smallest absolute Gasteiger partial charge is 0.229 e. The number of fused-ring (bicyclic) bond motifs is 3. The van der Waals surface area contributed by atoms with Crippen molar-refractivity contribution in [2.24, 2.45) is 16.1 Å². The lowest BCUT2D eigenvalue weighted by Crippen LogP contribution is -2.45. The fourth-order valence-corrected chi connectivity index (χ4v) is 4.29. The maximum atomic E-state index is 12.5. The van der Waals surface area contributed by atoms with Gasteiger partial charge >= 0.3 is 0 Å². The van der Waals surface area contributed by atoms with Crippen molar-refractivity contribution < 1.29 is 9.53 Å². The Morgan fingerprint density at radius 2 is 2.14 bits per heavy atom. The Balaban J connectivity index is 1.40. The van der Waals surface area contributed by atoms with Crippen LogP contribution >= 0.6 is 0 Å². The molecule has 2 aromatic rings. The molecule has 1 amide bonds. The number of nitrogens with zero attached hydrogens (tertiary/aromatic N) is 4. The molecular formula is C21H24N6O2. The van der Waals surface area contributed by atoms with E-state index in [1.807, 2.05) is 30.5 Å². The van der Waals surface area contributed by atoms with Crippen molar-refractivity contribution in [3.63, 3.8) is 0 Å². The summed E-state index contributed by atoms with van der Waals surface area (Å²) in [5, 5.41) is 7.00. The number of morpholine rings is 1. The molecule has 29 heavy (non-hydrogen) atoms. The summed E-state index contributed by atoms with van der Waals surface area (Å²) in [6.07, 6.45) is 6.26. The molecule has 1 unspecified atom stereocenters. The summed E-state index contributed by atoms with van der Waals surface area (Å²) < 4.78 is 5.42. The summed E-state index contributed by atoms with van der Waals surface area (Å²) in [6, 6.07) is 8.06. The first-order chi connectivity index (χ1) is 14.1. The number of primary amides is 1. The van der Waals surface area contributed by atoms with Gasteiger partial charge in [-0.15, -0.1) is 0 Å². The van der Waals surface area contributed by atoms with Crippen LogP contribution in [-0.2, 0) is 9.53 Å². The van der Waals surface area contributed by atoms with Crippen LogP contribution in [0.4, 0.5) is 11.4 Å². The zero-order valence-corrected chi connectivity index (χ0v) is 16.2. The van der Waals surface area contributed by atoms with E-state index >= 15 is 0 Å². The first kappa shape index (κ1) is 18.1. The van der Waals surface area contributed by atoms with Crippen molar-refractivity contribution in [3.05, 3.63) is 42.2 Å². The fraction of sp³-hybridized carbons (Fsp3) is 0.381. The third kappa shape index (κ3) is 3.24. The van der Waals surface area contributed by atoms with Gasteiger partial charge in [0, 0.05) is 31.4 Å². The van der Waals surface area contributed by atoms with Gasteiger partial charge < -0.3 is 15.4 Å². The first-order valence-corrected chi connectivity index (χ1v) is 9.93. The third-order valence-corrected chi connectivity index (χ3v) is 6.06. The Labute approximate surface area is 169 Å². The van der Waals surface area contributed by atoms with Gasteiger partial charge in [0.05, 0.1) is 47.6 Å². The Bertz CT molecular complexity index is 977. The maximum Gasteiger partial charge on any atom is 0.229 e. The van der Waals surface area contributed by atoms with Gasteiger partial charge in [0.2, 0.25) is 5.91 Å². The number of carbonyl (C=O) groups excluding carboxylic acids is 1. The fourth-order valence-electron chi connectivity index (χ4n) is 4.29. The number of allylic oxidation sites excluding steroid dienone is 1. The molecule has 3 aliphatic rings. The van der Waals surface area contributed by atoms with Crippen LogP contribution in [0.3, 0.4) is 0 Å². The highest BCUT2D eigenvalue weighted by Gasteiger charge is 2.44. The average molecular weight is 392 g/mol. The number of anilines is 1. The van der Waals surface area contributed by atoms with Crippen LogP contribution in [0.5, 0.6) is 0 Å². The van der Waals surface area contributed by atoms with E-state index in [1.54, 1.807) is 6.20 Å². The molecule has 1 atom stereocenters. The lowest BCUT2D eigenvalue weighted by Gasteiger charge is -2.32. The third-order valence-electron chi connectivity index (χ3n) is 6.06. The molecule has 8 nitrogen and oxygen atoms in total. The number of aromatic nitrogens is 2. The number of H-pyrrole nitrogens is 1. The van der Waals surface area contributed by atoms with Crippen molar-refractivity contribution in [1.29, 1.82) is 0 Å². The summed E-state index contributed by atoms with van der Waals surface area (Å²) in [7, 11) is 0. The van der Waals surface area contributed by atoms with Crippen LogP contribution in [0, 0.1) is 5.41 Å². The molecule has 1 aromatic carbocycles. The zero-order valence-electron chi connectivity index (χ0n) is 16.2. The minimum absolute atomic E-state index is 0.281. The summed E-state index contributed by atoms with van der Waals surface area (Å²) in [4.78, 5) is 21.6. The molecule has 0 radical (unpaired) electrons. The Kier molecular flexibility index (Phi) is 4.44. The van der Waals surface area contributed by atoms with Crippen molar-refractivity contribution >= 4 is 23.5 Å². The number of hydrogen-bond acceptors (Lipinski definition) is 6. The highest BCUT2D eigenvalue weighted by atomic mass is 16.5. The second kappa shape index (κ2) is 7.13. The van der Waals surface area contributed by atoms with Gasteiger partial charge in [-0.2, -0.15) is 5.10 Å². The van der Waals surface area contributed by atoms with Gasteiger partial charge in [0.1, 0.15) is 0 Å². The number of aliphatic imine (C=N–C) groups is 1. The minimum atomic E-state index is -0.691. The molecule has 0 bridgehead atoms. The lowest BCUT2D eigenvalue weighted by atomic mass is 9.84. The van der Waals surface area contributed by atoms with Crippen molar-refractivity contribution in [2.45, 2.75) is 6.42 Å². The first-order valence-electron chi connectivity index (χ1n) is 9.93. The molecular weight excluding hydrogens is 368 g/mol. The predicted octanol–water partition coefficient (Wildman–Crippen LogP) is 1.69. The zero-order chi connectivity index (χ0) is 19.8. The number of carbonyl (C=O) groups is 1. The van der Waals surface area contributed by atoms with E-state index in [-0.39, 0.29) is 5.91 Å². The molecule has 0 saturated carbocycles. The van der Waals surface area contributed by atoms with E-state index in [0.29, 0.717) is 13.0 Å². The average Bonchev–Trinajstić information content (AvgIpc) is 3.41. The lowest BCUT2D eigenvalue weighted by molar-refractivity contribution is -0.125. The standard InChI is InChI=1S/C21H24N6O2/c22-20(28)21(4-6-26-7-9-29-10-8-26)12-16-13-23-18-11-15(17-3-5-24-25-17)1-2-19(18)27(16)14-21/h1-3,5,11-13H,4,6-10,14H2,(H2,22,28)(H,24,25). The van der Waals surface area contributed by atoms with Gasteiger partial charge in [-0.3, -0.25) is 19.8 Å². The molecule has 150 valence electrons. The molecule has 1 fully saturated rings.